The second-order valence-electron chi connectivity index (χ2n) is 5.75. The van der Waals surface area contributed by atoms with E-state index in [1.165, 1.54) is 34.4 Å². The number of thiazole rings is 1. The average Bonchev–Trinajstić information content (AvgIpc) is 3.01. The molecule has 0 bridgehead atoms. The number of alkyl halides is 3. The number of halogens is 3. The first-order chi connectivity index (χ1) is 12.8. The zero-order valence-electron chi connectivity index (χ0n) is 14.3. The molecule has 2 aromatic rings. The van der Waals surface area contributed by atoms with Crippen LogP contribution in [0.5, 0.6) is 0 Å². The highest BCUT2D eigenvalue weighted by Crippen LogP contribution is 2.34. The minimum Gasteiger partial charge on any atom is -0.450 e. The lowest BCUT2D eigenvalue weighted by Crippen LogP contribution is -2.36. The summed E-state index contributed by atoms with van der Waals surface area (Å²) in [4.78, 5) is 30.5. The van der Waals surface area contributed by atoms with E-state index in [0.29, 0.717) is 11.6 Å². The van der Waals surface area contributed by atoms with Gasteiger partial charge >= 0.3 is 12.3 Å². The molecule has 0 radical (unpaired) electrons. The molecule has 1 aliphatic heterocycles. The van der Waals surface area contributed by atoms with E-state index in [2.05, 4.69) is 10.3 Å². The van der Waals surface area contributed by atoms with E-state index in [1.807, 2.05) is 0 Å². The van der Waals surface area contributed by atoms with Crippen LogP contribution in [0.2, 0.25) is 0 Å². The van der Waals surface area contributed by atoms with Crippen molar-refractivity contribution in [3.63, 3.8) is 0 Å². The van der Waals surface area contributed by atoms with Crippen molar-refractivity contribution < 1.29 is 27.5 Å². The van der Waals surface area contributed by atoms with E-state index < -0.39 is 23.7 Å². The monoisotopic (exact) mass is 399 g/mol. The van der Waals surface area contributed by atoms with E-state index in [9.17, 15) is 22.8 Å². The number of carbonyl (C=O) groups excluding carboxylic acids is 2. The fourth-order valence-corrected chi connectivity index (χ4v) is 3.77. The molecule has 0 saturated carbocycles. The largest absolute Gasteiger partial charge is 0.450 e. The summed E-state index contributed by atoms with van der Waals surface area (Å²) in [7, 11) is 0. The summed E-state index contributed by atoms with van der Waals surface area (Å²) in [6.45, 7) is 2.29. The fraction of sp³-hybridized carbons (Fsp3) is 0.353. The molecule has 0 unspecified atom stereocenters. The number of aromatic nitrogens is 1. The standard InChI is InChI=1S/C17H16F3N3O3S/c1-2-26-16(25)22-15-21-12-7-8-23(9-13(12)27-15)14(24)10-5-3-4-6-11(10)17(18,19)20/h3-6H,2,7-9H2,1H3,(H,21,22,25). The van der Waals surface area contributed by atoms with Gasteiger partial charge < -0.3 is 9.64 Å². The van der Waals surface area contributed by atoms with Crippen LogP contribution in [0.25, 0.3) is 0 Å². The molecule has 0 aliphatic carbocycles. The maximum Gasteiger partial charge on any atom is 0.417 e. The molecule has 3 rings (SSSR count). The van der Waals surface area contributed by atoms with Crippen molar-refractivity contribution in [3.8, 4) is 0 Å². The van der Waals surface area contributed by atoms with E-state index in [-0.39, 0.29) is 25.3 Å². The molecule has 6 nitrogen and oxygen atoms in total. The number of fused-ring (bicyclic) bond motifs is 1. The van der Waals surface area contributed by atoms with Crippen molar-refractivity contribution >= 4 is 28.5 Å². The Hall–Kier alpha value is -2.62. The maximum absolute atomic E-state index is 13.2. The molecule has 1 aromatic carbocycles. The van der Waals surface area contributed by atoms with Crippen LogP contribution in [0, 0.1) is 0 Å². The Morgan fingerprint density at radius 2 is 2.07 bits per heavy atom. The van der Waals surface area contributed by atoms with Gasteiger partial charge in [0.2, 0.25) is 0 Å². The number of hydrogen-bond acceptors (Lipinski definition) is 5. The van der Waals surface area contributed by atoms with Gasteiger partial charge in [0.1, 0.15) is 0 Å². The molecule has 27 heavy (non-hydrogen) atoms. The van der Waals surface area contributed by atoms with Crippen molar-refractivity contribution in [2.75, 3.05) is 18.5 Å². The molecule has 0 atom stereocenters. The first-order valence-corrected chi connectivity index (χ1v) is 8.99. The number of nitrogens with one attached hydrogen (secondary N) is 1. The molecule has 1 aliphatic rings. The van der Waals surface area contributed by atoms with E-state index in [1.54, 1.807) is 6.92 Å². The summed E-state index contributed by atoms with van der Waals surface area (Å²) < 4.78 is 44.3. The smallest absolute Gasteiger partial charge is 0.417 e. The Bertz CT molecular complexity index is 867. The lowest BCUT2D eigenvalue weighted by molar-refractivity contribution is -0.138. The third kappa shape index (κ3) is 4.21. The third-order valence-electron chi connectivity index (χ3n) is 3.97. The first kappa shape index (κ1) is 19.2. The van der Waals surface area contributed by atoms with Gasteiger partial charge in [-0.3, -0.25) is 10.1 Å². The van der Waals surface area contributed by atoms with Crippen molar-refractivity contribution in [2.24, 2.45) is 0 Å². The summed E-state index contributed by atoms with van der Waals surface area (Å²) in [6, 6.07) is 4.74. The van der Waals surface area contributed by atoms with Crippen LogP contribution in [0.4, 0.5) is 23.1 Å². The van der Waals surface area contributed by atoms with Crippen molar-refractivity contribution in [1.29, 1.82) is 0 Å². The second-order valence-corrected chi connectivity index (χ2v) is 6.84. The van der Waals surface area contributed by atoms with Gasteiger partial charge in [-0.25, -0.2) is 9.78 Å². The minimum atomic E-state index is -4.60. The van der Waals surface area contributed by atoms with E-state index in [4.69, 9.17) is 4.74 Å². The summed E-state index contributed by atoms with van der Waals surface area (Å²) in [5.41, 5.74) is -0.599. The normalized spacial score (nSPS) is 13.9. The maximum atomic E-state index is 13.2. The zero-order chi connectivity index (χ0) is 19.6. The van der Waals surface area contributed by atoms with Gasteiger partial charge in [0.25, 0.3) is 5.91 Å². The Labute approximate surface area is 157 Å². The van der Waals surface area contributed by atoms with Gasteiger partial charge in [-0.05, 0) is 19.1 Å². The molecule has 2 amide bonds. The van der Waals surface area contributed by atoms with Crippen LogP contribution in [-0.2, 0) is 23.9 Å². The van der Waals surface area contributed by atoms with Crippen molar-refractivity contribution in [3.05, 3.63) is 46.0 Å². The molecule has 0 saturated heterocycles. The molecular weight excluding hydrogens is 383 g/mol. The highest BCUT2D eigenvalue weighted by atomic mass is 32.1. The van der Waals surface area contributed by atoms with Gasteiger partial charge in [0.15, 0.2) is 5.13 Å². The van der Waals surface area contributed by atoms with Gasteiger partial charge in [0, 0.05) is 17.8 Å². The quantitative estimate of drug-likeness (QED) is 0.849. The summed E-state index contributed by atoms with van der Waals surface area (Å²) in [5, 5.41) is 2.84. The molecule has 10 heteroatoms. The number of anilines is 1. The Morgan fingerprint density at radius 3 is 2.78 bits per heavy atom. The van der Waals surface area contributed by atoms with Gasteiger partial charge in [-0.1, -0.05) is 23.5 Å². The number of ether oxygens (including phenoxy) is 1. The van der Waals surface area contributed by atoms with Crippen LogP contribution >= 0.6 is 11.3 Å². The lowest BCUT2D eigenvalue weighted by Gasteiger charge is -2.27. The highest BCUT2D eigenvalue weighted by molar-refractivity contribution is 7.15. The number of benzene rings is 1. The number of hydrogen-bond donors (Lipinski definition) is 1. The molecule has 0 fully saturated rings. The van der Waals surface area contributed by atoms with Gasteiger partial charge in [-0.15, -0.1) is 0 Å². The van der Waals surface area contributed by atoms with Crippen LogP contribution in [-0.4, -0.2) is 35.0 Å². The van der Waals surface area contributed by atoms with Gasteiger partial charge in [0.05, 0.1) is 30.0 Å². The third-order valence-corrected chi connectivity index (χ3v) is 4.96. The van der Waals surface area contributed by atoms with Crippen LogP contribution in [0.3, 0.4) is 0 Å². The Kier molecular flexibility index (Phi) is 5.36. The lowest BCUT2D eigenvalue weighted by atomic mass is 10.0. The molecule has 1 aromatic heterocycles. The Morgan fingerprint density at radius 1 is 1.33 bits per heavy atom. The number of nitrogens with zero attached hydrogens (tertiary/aromatic N) is 2. The second kappa shape index (κ2) is 7.55. The Balaban J connectivity index is 1.78. The minimum absolute atomic E-state index is 0.141. The summed E-state index contributed by atoms with van der Waals surface area (Å²) >= 11 is 1.18. The number of amides is 2. The SMILES string of the molecule is CCOC(=O)Nc1nc2c(s1)CN(C(=O)c1ccccc1C(F)(F)F)CC2. The van der Waals surface area contributed by atoms with Crippen LogP contribution in [0.15, 0.2) is 24.3 Å². The van der Waals surface area contributed by atoms with E-state index in [0.717, 1.165) is 16.6 Å². The molecule has 1 N–H and O–H groups in total. The molecule has 144 valence electrons. The van der Waals surface area contributed by atoms with Crippen molar-refractivity contribution in [1.82, 2.24) is 9.88 Å². The topological polar surface area (TPSA) is 71.5 Å². The number of rotatable bonds is 3. The molecule has 0 spiro atoms. The predicted octanol–water partition coefficient (Wildman–Crippen LogP) is 3.93. The number of carbonyl (C=O) groups is 2. The average molecular weight is 399 g/mol. The van der Waals surface area contributed by atoms with Crippen molar-refractivity contribution in [2.45, 2.75) is 26.1 Å². The predicted molar refractivity (Wildman–Crippen MR) is 92.6 cm³/mol. The summed E-state index contributed by atoms with van der Waals surface area (Å²) in [6.07, 6.45) is -4.83. The molecular formula is C17H16F3N3O3S. The highest BCUT2D eigenvalue weighted by Gasteiger charge is 2.36. The fourth-order valence-electron chi connectivity index (χ4n) is 2.76. The van der Waals surface area contributed by atoms with E-state index >= 15 is 0 Å². The first-order valence-electron chi connectivity index (χ1n) is 8.17. The van der Waals surface area contributed by atoms with Crippen LogP contribution in [0.1, 0.15) is 33.4 Å². The zero-order valence-corrected chi connectivity index (χ0v) is 15.1. The summed E-state index contributed by atoms with van der Waals surface area (Å²) in [5.74, 6) is -0.679. The van der Waals surface area contributed by atoms with Crippen LogP contribution < -0.4 is 5.32 Å². The van der Waals surface area contributed by atoms with Gasteiger partial charge in [-0.2, -0.15) is 13.2 Å². The molecule has 2 heterocycles.